The van der Waals surface area contributed by atoms with Gasteiger partial charge in [-0.3, -0.25) is 0 Å². The van der Waals surface area contributed by atoms with Crippen molar-refractivity contribution in [2.45, 2.75) is 38.6 Å². The Labute approximate surface area is 106 Å². The summed E-state index contributed by atoms with van der Waals surface area (Å²) in [6.45, 7) is 2.01. The molecule has 1 aliphatic rings. The number of fused-ring (bicyclic) bond motifs is 1. The summed E-state index contributed by atoms with van der Waals surface area (Å²) < 4.78 is 5.29. The van der Waals surface area contributed by atoms with Gasteiger partial charge in [0.1, 0.15) is 0 Å². The molecule has 0 fully saturated rings. The van der Waals surface area contributed by atoms with E-state index < -0.39 is 0 Å². The first-order valence-electron chi connectivity index (χ1n) is 6.49. The van der Waals surface area contributed by atoms with Gasteiger partial charge in [0.2, 0.25) is 0 Å². The molecule has 1 atom stereocenters. The summed E-state index contributed by atoms with van der Waals surface area (Å²) in [4.78, 5) is 4.37. The number of aromatic nitrogens is 2. The molecule has 1 aliphatic carbocycles. The Morgan fingerprint density at radius 2 is 2.17 bits per heavy atom. The molecule has 1 aromatic carbocycles. The number of benzene rings is 1. The van der Waals surface area contributed by atoms with Crippen LogP contribution in [0, 0.1) is 0 Å². The predicted octanol–water partition coefficient (Wildman–Crippen LogP) is 2.64. The van der Waals surface area contributed by atoms with Crippen molar-refractivity contribution >= 4 is 0 Å². The fourth-order valence-electron chi connectivity index (χ4n) is 2.39. The maximum absolute atomic E-state index is 5.89. The molecular weight excluding hydrogens is 226 g/mol. The summed E-state index contributed by atoms with van der Waals surface area (Å²) in [5, 5.41) is 3.95. The van der Waals surface area contributed by atoms with Gasteiger partial charge in [-0.15, -0.1) is 0 Å². The molecule has 0 amide bonds. The standard InChI is InChI=1S/C14H17N3O/c1-2-12(15)13-16-14(18-17-13)11-7-6-9-4-3-5-10(9)8-11/h6-8,12H,2-5,15H2,1H3. The summed E-state index contributed by atoms with van der Waals surface area (Å²) in [5.74, 6) is 1.16. The number of nitrogens with two attached hydrogens (primary N) is 1. The van der Waals surface area contributed by atoms with Gasteiger partial charge in [0, 0.05) is 5.56 Å². The molecule has 0 aliphatic heterocycles. The molecule has 0 saturated heterocycles. The number of hydrogen-bond acceptors (Lipinski definition) is 4. The number of rotatable bonds is 3. The van der Waals surface area contributed by atoms with Crippen LogP contribution in [-0.4, -0.2) is 10.1 Å². The molecule has 1 unspecified atom stereocenters. The Morgan fingerprint density at radius 3 is 3.00 bits per heavy atom. The second-order valence-corrected chi connectivity index (χ2v) is 4.81. The quantitative estimate of drug-likeness (QED) is 0.900. The van der Waals surface area contributed by atoms with Crippen molar-refractivity contribution in [1.29, 1.82) is 0 Å². The van der Waals surface area contributed by atoms with Crippen LogP contribution in [0.5, 0.6) is 0 Å². The molecule has 2 aromatic rings. The molecule has 1 heterocycles. The van der Waals surface area contributed by atoms with Crippen molar-refractivity contribution in [2.24, 2.45) is 5.73 Å². The van der Waals surface area contributed by atoms with E-state index in [1.165, 1.54) is 24.0 Å². The van der Waals surface area contributed by atoms with Crippen molar-refractivity contribution in [3.05, 3.63) is 35.2 Å². The highest BCUT2D eigenvalue weighted by atomic mass is 16.5. The highest BCUT2D eigenvalue weighted by molar-refractivity contribution is 5.56. The number of aryl methyl sites for hydroxylation is 2. The third kappa shape index (κ3) is 1.93. The van der Waals surface area contributed by atoms with Crippen molar-refractivity contribution in [2.75, 3.05) is 0 Å². The molecule has 0 radical (unpaired) electrons. The average Bonchev–Trinajstić information content (AvgIpc) is 3.05. The maximum atomic E-state index is 5.89. The molecular formula is C14H17N3O. The second kappa shape index (κ2) is 4.53. The Kier molecular flexibility index (Phi) is 2.88. The lowest BCUT2D eigenvalue weighted by Gasteiger charge is -2.01. The number of hydrogen-bond donors (Lipinski definition) is 1. The lowest BCUT2D eigenvalue weighted by Crippen LogP contribution is -2.10. The van der Waals surface area contributed by atoms with Crippen LogP contribution in [0.2, 0.25) is 0 Å². The third-order valence-electron chi connectivity index (χ3n) is 3.56. The van der Waals surface area contributed by atoms with Crippen LogP contribution in [0.3, 0.4) is 0 Å². The fourth-order valence-corrected chi connectivity index (χ4v) is 2.39. The van der Waals surface area contributed by atoms with Crippen LogP contribution >= 0.6 is 0 Å². The summed E-state index contributed by atoms with van der Waals surface area (Å²) >= 11 is 0. The van der Waals surface area contributed by atoms with E-state index in [-0.39, 0.29) is 6.04 Å². The summed E-state index contributed by atoms with van der Waals surface area (Å²) in [5.41, 5.74) is 9.75. The van der Waals surface area contributed by atoms with Gasteiger partial charge < -0.3 is 10.3 Å². The zero-order chi connectivity index (χ0) is 12.5. The maximum Gasteiger partial charge on any atom is 0.257 e. The minimum atomic E-state index is -0.142. The Hall–Kier alpha value is -1.68. The normalized spacial score (nSPS) is 15.7. The minimum absolute atomic E-state index is 0.142. The molecule has 4 nitrogen and oxygen atoms in total. The van der Waals surface area contributed by atoms with Crippen molar-refractivity contribution in [1.82, 2.24) is 10.1 Å². The first-order chi connectivity index (χ1) is 8.78. The Morgan fingerprint density at radius 1 is 1.33 bits per heavy atom. The molecule has 4 heteroatoms. The van der Waals surface area contributed by atoms with Crippen LogP contribution in [0.25, 0.3) is 11.5 Å². The third-order valence-corrected chi connectivity index (χ3v) is 3.56. The summed E-state index contributed by atoms with van der Waals surface area (Å²) in [6, 6.07) is 6.24. The lowest BCUT2D eigenvalue weighted by molar-refractivity contribution is 0.415. The Balaban J connectivity index is 1.92. The molecule has 0 bridgehead atoms. The van der Waals surface area contributed by atoms with Gasteiger partial charge in [-0.2, -0.15) is 4.98 Å². The molecule has 2 N–H and O–H groups in total. The van der Waals surface area contributed by atoms with Crippen molar-refractivity contribution < 1.29 is 4.52 Å². The summed E-state index contributed by atoms with van der Waals surface area (Å²) in [6.07, 6.45) is 4.39. The fraction of sp³-hybridized carbons (Fsp3) is 0.429. The van der Waals surface area contributed by atoms with Crippen molar-refractivity contribution in [3.63, 3.8) is 0 Å². The van der Waals surface area contributed by atoms with Gasteiger partial charge in [-0.25, -0.2) is 0 Å². The van der Waals surface area contributed by atoms with E-state index in [2.05, 4.69) is 28.3 Å². The second-order valence-electron chi connectivity index (χ2n) is 4.81. The van der Waals surface area contributed by atoms with Gasteiger partial charge in [-0.05, 0) is 48.9 Å². The van der Waals surface area contributed by atoms with Gasteiger partial charge in [-0.1, -0.05) is 18.1 Å². The van der Waals surface area contributed by atoms with Gasteiger partial charge in [0.05, 0.1) is 6.04 Å². The first-order valence-corrected chi connectivity index (χ1v) is 6.49. The van der Waals surface area contributed by atoms with Crippen molar-refractivity contribution in [3.8, 4) is 11.5 Å². The lowest BCUT2D eigenvalue weighted by atomic mass is 10.1. The summed E-state index contributed by atoms with van der Waals surface area (Å²) in [7, 11) is 0. The predicted molar refractivity (Wildman–Crippen MR) is 69.0 cm³/mol. The highest BCUT2D eigenvalue weighted by Crippen LogP contribution is 2.27. The van der Waals surface area contributed by atoms with E-state index in [1.54, 1.807) is 0 Å². The Bertz CT molecular complexity index is 562. The van der Waals surface area contributed by atoms with E-state index in [0.717, 1.165) is 18.4 Å². The smallest absolute Gasteiger partial charge is 0.257 e. The van der Waals surface area contributed by atoms with Crippen LogP contribution < -0.4 is 5.73 Å². The van der Waals surface area contributed by atoms with Crippen LogP contribution in [0.1, 0.15) is 42.8 Å². The van der Waals surface area contributed by atoms with Gasteiger partial charge in [0.15, 0.2) is 5.82 Å². The topological polar surface area (TPSA) is 64.9 Å². The molecule has 94 valence electrons. The zero-order valence-corrected chi connectivity index (χ0v) is 10.5. The van der Waals surface area contributed by atoms with Gasteiger partial charge >= 0.3 is 0 Å². The number of nitrogens with zero attached hydrogens (tertiary/aromatic N) is 2. The monoisotopic (exact) mass is 243 g/mol. The minimum Gasteiger partial charge on any atom is -0.334 e. The van der Waals surface area contributed by atoms with Gasteiger partial charge in [0.25, 0.3) is 5.89 Å². The molecule has 0 spiro atoms. The highest BCUT2D eigenvalue weighted by Gasteiger charge is 2.16. The SMILES string of the molecule is CCC(N)c1noc(-c2ccc3c(c2)CCC3)n1. The molecule has 18 heavy (non-hydrogen) atoms. The van der Waals surface area contributed by atoms with E-state index in [9.17, 15) is 0 Å². The van der Waals surface area contributed by atoms with Crippen LogP contribution in [0.4, 0.5) is 0 Å². The average molecular weight is 243 g/mol. The first kappa shape index (κ1) is 11.4. The van der Waals surface area contributed by atoms with E-state index in [1.807, 2.05) is 6.92 Å². The van der Waals surface area contributed by atoms with E-state index in [4.69, 9.17) is 10.3 Å². The largest absolute Gasteiger partial charge is 0.334 e. The van der Waals surface area contributed by atoms with Crippen LogP contribution in [0.15, 0.2) is 22.7 Å². The molecule has 0 saturated carbocycles. The molecule has 1 aromatic heterocycles. The van der Waals surface area contributed by atoms with E-state index >= 15 is 0 Å². The zero-order valence-electron chi connectivity index (χ0n) is 10.5. The van der Waals surface area contributed by atoms with E-state index in [0.29, 0.717) is 11.7 Å². The van der Waals surface area contributed by atoms with Crippen LogP contribution in [-0.2, 0) is 12.8 Å². The molecule has 3 rings (SSSR count).